The van der Waals surface area contributed by atoms with Crippen LogP contribution >= 0.6 is 0 Å². The maximum Gasteiger partial charge on any atom is 0.327 e. The van der Waals surface area contributed by atoms with Gasteiger partial charge in [-0.1, -0.05) is 12.8 Å². The van der Waals surface area contributed by atoms with Gasteiger partial charge in [-0.25, -0.2) is 9.78 Å². The number of hydrogen-bond acceptors (Lipinski definition) is 5. The van der Waals surface area contributed by atoms with E-state index in [2.05, 4.69) is 20.3 Å². The summed E-state index contributed by atoms with van der Waals surface area (Å²) in [6.45, 7) is 2.50. The van der Waals surface area contributed by atoms with Crippen molar-refractivity contribution in [1.82, 2.24) is 20.3 Å². The van der Waals surface area contributed by atoms with Crippen molar-refractivity contribution in [2.24, 2.45) is 11.3 Å². The van der Waals surface area contributed by atoms with E-state index >= 15 is 0 Å². The number of rotatable bonds is 2. The second-order valence-corrected chi connectivity index (χ2v) is 8.09. The Labute approximate surface area is 154 Å². The quantitative estimate of drug-likeness (QED) is 0.729. The Morgan fingerprint density at radius 1 is 1.30 bits per heavy atom. The van der Waals surface area contributed by atoms with Crippen LogP contribution in [0.5, 0.6) is 0 Å². The molecule has 3 N–H and O–H groups in total. The zero-order valence-electron chi connectivity index (χ0n) is 15.1. The van der Waals surface area contributed by atoms with Crippen LogP contribution < -0.4 is 16.6 Å². The van der Waals surface area contributed by atoms with E-state index in [0.717, 1.165) is 25.9 Å². The number of fused-ring (bicyclic) bond motifs is 3. The van der Waals surface area contributed by atoms with Gasteiger partial charge in [-0.2, -0.15) is 0 Å². The zero-order chi connectivity index (χ0) is 18.8. The fraction of sp³-hybridized carbons (Fsp3) is 0.579. The number of ether oxygens (including phenoxy) is 1. The second-order valence-electron chi connectivity index (χ2n) is 8.09. The average molecular weight is 370 g/mol. The summed E-state index contributed by atoms with van der Waals surface area (Å²) in [7, 11) is 0. The van der Waals surface area contributed by atoms with Crippen LogP contribution in [-0.2, 0) is 4.74 Å². The molecule has 1 amide bonds. The molecule has 3 atom stereocenters. The van der Waals surface area contributed by atoms with E-state index in [1.54, 1.807) is 13.0 Å². The van der Waals surface area contributed by atoms with E-state index in [0.29, 0.717) is 16.9 Å². The van der Waals surface area contributed by atoms with Gasteiger partial charge in [0, 0.05) is 24.0 Å². The number of nitrogens with zero attached hydrogens (tertiary/aromatic N) is 1. The molecule has 1 spiro atoms. The Morgan fingerprint density at radius 2 is 2.07 bits per heavy atom. The monoisotopic (exact) mass is 370 g/mol. The van der Waals surface area contributed by atoms with Crippen LogP contribution in [0.15, 0.2) is 15.7 Å². The van der Waals surface area contributed by atoms with Gasteiger partial charge in [0.1, 0.15) is 11.3 Å². The van der Waals surface area contributed by atoms with Crippen LogP contribution in [0.3, 0.4) is 0 Å². The number of aromatic amines is 2. The highest BCUT2D eigenvalue weighted by molar-refractivity contribution is 5.95. The molecule has 5 rings (SSSR count). The van der Waals surface area contributed by atoms with E-state index in [1.165, 1.54) is 12.8 Å². The predicted molar refractivity (Wildman–Crippen MR) is 97.7 cm³/mol. The zero-order valence-corrected chi connectivity index (χ0v) is 15.1. The molecule has 3 heterocycles. The molecule has 0 bridgehead atoms. The molecule has 1 aliphatic heterocycles. The van der Waals surface area contributed by atoms with Crippen LogP contribution in [-0.4, -0.2) is 39.6 Å². The molecule has 2 saturated carbocycles. The summed E-state index contributed by atoms with van der Waals surface area (Å²) in [4.78, 5) is 45.5. The van der Waals surface area contributed by atoms with Gasteiger partial charge in [0.2, 0.25) is 0 Å². The standard InChI is InChI=1S/C19H22N4O4/c1-9-8-11(20-15-12(9)17(25)23-18(26)22-15)16(24)21-13-10-4-7-27-14(10)19(13)5-2-3-6-19/h8,10,13-14H,2-7H2,1H3,(H,21,24)(H2,20,22,23,25,26). The summed E-state index contributed by atoms with van der Waals surface area (Å²) < 4.78 is 5.97. The molecule has 1 saturated heterocycles. The number of H-pyrrole nitrogens is 2. The molecule has 2 aromatic heterocycles. The lowest BCUT2D eigenvalue weighted by Crippen LogP contribution is -2.68. The van der Waals surface area contributed by atoms with Gasteiger partial charge in [-0.05, 0) is 37.8 Å². The molecule has 8 heteroatoms. The summed E-state index contributed by atoms with van der Waals surface area (Å²) in [6, 6.07) is 1.71. The minimum absolute atomic E-state index is 0.0637. The highest BCUT2D eigenvalue weighted by Crippen LogP contribution is 2.60. The molecule has 27 heavy (non-hydrogen) atoms. The lowest BCUT2D eigenvalue weighted by atomic mass is 9.54. The van der Waals surface area contributed by atoms with Crippen molar-refractivity contribution in [2.75, 3.05) is 6.61 Å². The van der Waals surface area contributed by atoms with E-state index in [9.17, 15) is 14.4 Å². The van der Waals surface area contributed by atoms with E-state index in [4.69, 9.17) is 4.74 Å². The first-order chi connectivity index (χ1) is 13.0. The third-order valence-electron chi connectivity index (χ3n) is 6.71. The molecule has 2 aliphatic carbocycles. The fourth-order valence-electron chi connectivity index (χ4n) is 5.59. The van der Waals surface area contributed by atoms with Crippen molar-refractivity contribution in [3.63, 3.8) is 0 Å². The molecular formula is C19H22N4O4. The molecule has 0 aromatic carbocycles. The van der Waals surface area contributed by atoms with Crippen molar-refractivity contribution in [2.45, 2.75) is 51.2 Å². The third-order valence-corrected chi connectivity index (χ3v) is 6.71. The number of carbonyl (C=O) groups is 1. The smallest absolute Gasteiger partial charge is 0.327 e. The predicted octanol–water partition coefficient (Wildman–Crippen LogP) is 0.997. The number of aromatic nitrogens is 3. The van der Waals surface area contributed by atoms with Crippen molar-refractivity contribution >= 4 is 16.9 Å². The summed E-state index contributed by atoms with van der Waals surface area (Å²) in [5.41, 5.74) is -0.105. The van der Waals surface area contributed by atoms with E-state index < -0.39 is 11.2 Å². The SMILES string of the molecule is Cc1cc(C(=O)NC2C3CCOC3C23CCCC3)nc2[nH]c(=O)[nH]c(=O)c12. The Kier molecular flexibility index (Phi) is 3.56. The summed E-state index contributed by atoms with van der Waals surface area (Å²) in [6.07, 6.45) is 5.78. The van der Waals surface area contributed by atoms with Gasteiger partial charge in [0.15, 0.2) is 0 Å². The Bertz CT molecular complexity index is 1050. The second kappa shape index (κ2) is 5.76. The number of pyridine rings is 1. The maximum atomic E-state index is 12.9. The van der Waals surface area contributed by atoms with Gasteiger partial charge in [0.05, 0.1) is 11.5 Å². The lowest BCUT2D eigenvalue weighted by Gasteiger charge is -2.56. The van der Waals surface area contributed by atoms with Crippen molar-refractivity contribution < 1.29 is 9.53 Å². The molecule has 3 fully saturated rings. The Morgan fingerprint density at radius 3 is 2.85 bits per heavy atom. The topological polar surface area (TPSA) is 117 Å². The van der Waals surface area contributed by atoms with Crippen LogP contribution in [0.25, 0.3) is 11.0 Å². The first-order valence-electron chi connectivity index (χ1n) is 9.56. The molecule has 3 aliphatic rings. The van der Waals surface area contributed by atoms with Crippen LogP contribution in [0.2, 0.25) is 0 Å². The molecule has 2 aromatic rings. The minimum Gasteiger partial charge on any atom is -0.377 e. The van der Waals surface area contributed by atoms with Crippen LogP contribution in [0.1, 0.15) is 48.2 Å². The molecule has 3 unspecified atom stereocenters. The summed E-state index contributed by atoms with van der Waals surface area (Å²) in [5, 5.41) is 3.50. The van der Waals surface area contributed by atoms with Crippen molar-refractivity contribution in [1.29, 1.82) is 0 Å². The minimum atomic E-state index is -0.633. The van der Waals surface area contributed by atoms with Crippen LogP contribution in [0.4, 0.5) is 0 Å². The van der Waals surface area contributed by atoms with Crippen molar-refractivity contribution in [3.05, 3.63) is 38.2 Å². The van der Waals surface area contributed by atoms with E-state index in [1.807, 2.05) is 0 Å². The van der Waals surface area contributed by atoms with Gasteiger partial charge in [-0.15, -0.1) is 0 Å². The van der Waals surface area contributed by atoms with Gasteiger partial charge < -0.3 is 10.1 Å². The largest absolute Gasteiger partial charge is 0.377 e. The first-order valence-corrected chi connectivity index (χ1v) is 9.56. The average Bonchev–Trinajstić information content (AvgIpc) is 3.27. The van der Waals surface area contributed by atoms with Crippen molar-refractivity contribution in [3.8, 4) is 0 Å². The molecule has 142 valence electrons. The molecule has 8 nitrogen and oxygen atoms in total. The Hall–Kier alpha value is -2.48. The normalized spacial score (nSPS) is 28.3. The number of carbonyl (C=O) groups excluding carboxylic acids is 1. The fourth-order valence-corrected chi connectivity index (χ4v) is 5.59. The Balaban J connectivity index is 1.48. The summed E-state index contributed by atoms with van der Waals surface area (Å²) >= 11 is 0. The van der Waals surface area contributed by atoms with Gasteiger partial charge in [-0.3, -0.25) is 19.6 Å². The maximum absolute atomic E-state index is 12.9. The van der Waals surface area contributed by atoms with Crippen LogP contribution in [0, 0.1) is 18.3 Å². The molecule has 0 radical (unpaired) electrons. The van der Waals surface area contributed by atoms with Gasteiger partial charge >= 0.3 is 5.69 Å². The number of hydrogen-bond donors (Lipinski definition) is 3. The third kappa shape index (κ3) is 2.32. The number of amides is 1. The summed E-state index contributed by atoms with van der Waals surface area (Å²) in [5.74, 6) is 0.110. The lowest BCUT2D eigenvalue weighted by molar-refractivity contribution is -0.126. The van der Waals surface area contributed by atoms with E-state index in [-0.39, 0.29) is 34.8 Å². The highest BCUT2D eigenvalue weighted by Gasteiger charge is 2.65. The number of nitrogens with one attached hydrogen (secondary N) is 3. The molecular weight excluding hydrogens is 348 g/mol. The first kappa shape index (κ1) is 16.7. The number of aryl methyl sites for hydroxylation is 1. The highest BCUT2D eigenvalue weighted by atomic mass is 16.5. The van der Waals surface area contributed by atoms with Gasteiger partial charge in [0.25, 0.3) is 11.5 Å².